The third-order valence-electron chi connectivity index (χ3n) is 4.57. The maximum Gasteiger partial charge on any atom is 0.376 e. The van der Waals surface area contributed by atoms with Gasteiger partial charge in [-0.1, -0.05) is 60.1 Å². The predicted octanol–water partition coefficient (Wildman–Crippen LogP) is 5.42. The van der Waals surface area contributed by atoms with E-state index in [1.54, 1.807) is 13.0 Å². The smallest absolute Gasteiger partial charge is 0.376 e. The van der Waals surface area contributed by atoms with E-state index >= 15 is 0 Å². The highest BCUT2D eigenvalue weighted by Crippen LogP contribution is 2.36. The molecule has 2 heterocycles. The number of hydrogen-bond acceptors (Lipinski definition) is 7. The SMILES string of the molecule is CCOC(=O)c1nc(Nc2ccccc2CC)c2c(-c3ccccc3Cl)noc2n1. The van der Waals surface area contributed by atoms with E-state index in [9.17, 15) is 4.79 Å². The predicted molar refractivity (Wildman–Crippen MR) is 115 cm³/mol. The second-order valence-corrected chi connectivity index (χ2v) is 6.85. The summed E-state index contributed by atoms with van der Waals surface area (Å²) in [6.45, 7) is 3.99. The van der Waals surface area contributed by atoms with Gasteiger partial charge in [-0.2, -0.15) is 4.98 Å². The summed E-state index contributed by atoms with van der Waals surface area (Å²) in [5, 5.41) is 8.53. The average Bonchev–Trinajstić information content (AvgIpc) is 3.19. The Bertz CT molecular complexity index is 1220. The minimum absolute atomic E-state index is 0.109. The van der Waals surface area contributed by atoms with Gasteiger partial charge in [-0.25, -0.2) is 9.78 Å². The van der Waals surface area contributed by atoms with Gasteiger partial charge in [0.05, 0.1) is 11.6 Å². The van der Waals surface area contributed by atoms with Crippen LogP contribution in [0.15, 0.2) is 53.1 Å². The van der Waals surface area contributed by atoms with Gasteiger partial charge in [0.15, 0.2) is 0 Å². The zero-order chi connectivity index (χ0) is 21.1. The summed E-state index contributed by atoms with van der Waals surface area (Å²) in [5.74, 6) is -0.357. The van der Waals surface area contributed by atoms with Crippen molar-refractivity contribution in [3.05, 3.63) is 64.9 Å². The number of aryl methyl sites for hydroxylation is 1. The van der Waals surface area contributed by atoms with Crippen molar-refractivity contribution in [2.24, 2.45) is 0 Å². The van der Waals surface area contributed by atoms with Crippen LogP contribution in [0.2, 0.25) is 5.02 Å². The molecule has 8 heteroatoms. The molecule has 0 spiro atoms. The molecular weight excluding hydrogens is 404 g/mol. The van der Waals surface area contributed by atoms with E-state index in [1.165, 1.54) is 0 Å². The van der Waals surface area contributed by atoms with Crippen LogP contribution < -0.4 is 5.32 Å². The van der Waals surface area contributed by atoms with Gasteiger partial charge in [0, 0.05) is 11.3 Å². The Morgan fingerprint density at radius 3 is 2.63 bits per heavy atom. The molecule has 0 aliphatic rings. The standard InChI is InChI=1S/C22H19ClN4O3/c1-3-13-9-5-8-12-16(13)24-19-17-18(14-10-6-7-11-15(14)23)27-30-21(17)26-20(25-19)22(28)29-4-2/h5-12H,3-4H2,1-2H3,(H,24,25,26). The van der Waals surface area contributed by atoms with Gasteiger partial charge in [0.25, 0.3) is 5.71 Å². The Morgan fingerprint density at radius 2 is 1.87 bits per heavy atom. The van der Waals surface area contributed by atoms with Crippen LogP contribution in [0, 0.1) is 0 Å². The zero-order valence-electron chi connectivity index (χ0n) is 16.5. The lowest BCUT2D eigenvalue weighted by molar-refractivity contribution is 0.0512. The van der Waals surface area contributed by atoms with E-state index in [-0.39, 0.29) is 18.1 Å². The lowest BCUT2D eigenvalue weighted by atomic mass is 10.1. The molecule has 0 amide bonds. The monoisotopic (exact) mass is 422 g/mol. The Hall–Kier alpha value is -3.45. The Balaban J connectivity index is 1.93. The molecule has 0 fully saturated rings. The minimum atomic E-state index is -0.637. The Kier molecular flexibility index (Phi) is 5.63. The van der Waals surface area contributed by atoms with Crippen LogP contribution in [-0.4, -0.2) is 27.7 Å². The summed E-state index contributed by atoms with van der Waals surface area (Å²) in [6, 6.07) is 15.2. The lowest BCUT2D eigenvalue weighted by Gasteiger charge is -2.12. The van der Waals surface area contributed by atoms with Crippen molar-refractivity contribution in [1.82, 2.24) is 15.1 Å². The molecule has 0 atom stereocenters. The van der Waals surface area contributed by atoms with E-state index in [0.29, 0.717) is 27.5 Å². The van der Waals surface area contributed by atoms with E-state index in [4.69, 9.17) is 20.9 Å². The summed E-state index contributed by atoms with van der Waals surface area (Å²) in [6.07, 6.45) is 0.823. The number of rotatable bonds is 6. The summed E-state index contributed by atoms with van der Waals surface area (Å²) in [5.41, 5.74) is 3.29. The van der Waals surface area contributed by atoms with Crippen molar-refractivity contribution in [1.29, 1.82) is 0 Å². The Labute approximate surface area is 178 Å². The highest BCUT2D eigenvalue weighted by Gasteiger charge is 2.23. The second kappa shape index (κ2) is 8.51. The molecular formula is C22H19ClN4O3. The summed E-state index contributed by atoms with van der Waals surface area (Å²) in [7, 11) is 0. The molecule has 0 aliphatic heterocycles. The number of aromatic nitrogens is 3. The van der Waals surface area contributed by atoms with E-state index in [1.807, 2.05) is 42.5 Å². The molecule has 30 heavy (non-hydrogen) atoms. The maximum atomic E-state index is 12.3. The fraction of sp³-hybridized carbons (Fsp3) is 0.182. The fourth-order valence-electron chi connectivity index (χ4n) is 3.15. The number of carbonyl (C=O) groups is 1. The normalized spacial score (nSPS) is 10.9. The van der Waals surface area contributed by atoms with Crippen LogP contribution in [0.25, 0.3) is 22.4 Å². The summed E-state index contributed by atoms with van der Waals surface area (Å²) < 4.78 is 10.5. The first-order chi connectivity index (χ1) is 14.6. The molecule has 7 nitrogen and oxygen atoms in total. The first-order valence-electron chi connectivity index (χ1n) is 9.56. The number of halogens is 1. The quantitative estimate of drug-likeness (QED) is 0.415. The molecule has 4 aromatic rings. The van der Waals surface area contributed by atoms with Crippen molar-refractivity contribution in [3.8, 4) is 11.3 Å². The van der Waals surface area contributed by atoms with Crippen LogP contribution >= 0.6 is 11.6 Å². The average molecular weight is 423 g/mol. The number of nitrogens with zero attached hydrogens (tertiary/aromatic N) is 3. The number of fused-ring (bicyclic) bond motifs is 1. The number of hydrogen-bond donors (Lipinski definition) is 1. The maximum absolute atomic E-state index is 12.3. The molecule has 0 bridgehead atoms. The van der Waals surface area contributed by atoms with Crippen LogP contribution in [0.3, 0.4) is 0 Å². The molecule has 0 saturated carbocycles. The summed E-state index contributed by atoms with van der Waals surface area (Å²) >= 11 is 6.38. The van der Waals surface area contributed by atoms with E-state index in [0.717, 1.165) is 17.7 Å². The number of para-hydroxylation sites is 1. The van der Waals surface area contributed by atoms with Gasteiger partial charge < -0.3 is 14.6 Å². The third kappa shape index (κ3) is 3.71. The number of benzene rings is 2. The van der Waals surface area contributed by atoms with Crippen molar-refractivity contribution in [2.75, 3.05) is 11.9 Å². The van der Waals surface area contributed by atoms with E-state index < -0.39 is 5.97 Å². The van der Waals surface area contributed by atoms with Gasteiger partial charge >= 0.3 is 5.97 Å². The fourth-order valence-corrected chi connectivity index (χ4v) is 3.37. The molecule has 0 radical (unpaired) electrons. The number of nitrogens with one attached hydrogen (secondary N) is 1. The molecule has 152 valence electrons. The molecule has 0 unspecified atom stereocenters. The molecule has 0 saturated heterocycles. The highest BCUT2D eigenvalue weighted by atomic mass is 35.5. The van der Waals surface area contributed by atoms with Crippen molar-refractivity contribution < 1.29 is 14.1 Å². The number of ether oxygens (including phenoxy) is 1. The Morgan fingerprint density at radius 1 is 1.10 bits per heavy atom. The number of anilines is 2. The minimum Gasteiger partial charge on any atom is -0.460 e. The zero-order valence-corrected chi connectivity index (χ0v) is 17.2. The summed E-state index contributed by atoms with van der Waals surface area (Å²) in [4.78, 5) is 20.9. The van der Waals surface area contributed by atoms with Gasteiger partial charge in [-0.3, -0.25) is 0 Å². The molecule has 2 aromatic carbocycles. The molecule has 0 aliphatic carbocycles. The van der Waals surface area contributed by atoms with Crippen LogP contribution in [0.1, 0.15) is 30.0 Å². The van der Waals surface area contributed by atoms with Crippen LogP contribution in [0.5, 0.6) is 0 Å². The van der Waals surface area contributed by atoms with Crippen LogP contribution in [-0.2, 0) is 11.2 Å². The van der Waals surface area contributed by atoms with Gasteiger partial charge in [0.1, 0.15) is 16.9 Å². The first kappa shape index (κ1) is 19.8. The van der Waals surface area contributed by atoms with Crippen molar-refractivity contribution in [3.63, 3.8) is 0 Å². The van der Waals surface area contributed by atoms with Crippen molar-refractivity contribution >= 4 is 40.2 Å². The topological polar surface area (TPSA) is 90.1 Å². The molecule has 4 rings (SSSR count). The van der Waals surface area contributed by atoms with Gasteiger partial charge in [-0.15, -0.1) is 0 Å². The number of carbonyl (C=O) groups excluding carboxylic acids is 1. The lowest BCUT2D eigenvalue weighted by Crippen LogP contribution is -2.11. The van der Waals surface area contributed by atoms with Crippen molar-refractivity contribution in [2.45, 2.75) is 20.3 Å². The second-order valence-electron chi connectivity index (χ2n) is 6.44. The largest absolute Gasteiger partial charge is 0.460 e. The third-order valence-corrected chi connectivity index (χ3v) is 4.90. The van der Waals surface area contributed by atoms with E-state index in [2.05, 4.69) is 27.4 Å². The van der Waals surface area contributed by atoms with Gasteiger partial charge in [-0.05, 0) is 31.0 Å². The van der Waals surface area contributed by atoms with Gasteiger partial charge in [0.2, 0.25) is 5.82 Å². The highest BCUT2D eigenvalue weighted by molar-refractivity contribution is 6.33. The first-order valence-corrected chi connectivity index (χ1v) is 9.94. The number of esters is 1. The molecule has 2 aromatic heterocycles. The molecule has 1 N–H and O–H groups in total. The van der Waals surface area contributed by atoms with Crippen LogP contribution in [0.4, 0.5) is 11.5 Å².